The molecule has 0 radical (unpaired) electrons. The van der Waals surface area contributed by atoms with Crippen LogP contribution >= 0.6 is 0 Å². The number of nitrogens with zero attached hydrogens (tertiary/aromatic N) is 1. The minimum Gasteiger partial charge on any atom is -0.377 e. The second-order valence-corrected chi connectivity index (χ2v) is 8.27. The quantitative estimate of drug-likeness (QED) is 0.804. The first kappa shape index (κ1) is 17.9. The molecular weight excluding hydrogens is 338 g/mol. The Morgan fingerprint density at radius 1 is 1.20 bits per heavy atom. The minimum absolute atomic E-state index is 0.111. The van der Waals surface area contributed by atoms with Gasteiger partial charge in [0.25, 0.3) is 15.9 Å². The molecule has 136 valence electrons. The van der Waals surface area contributed by atoms with Crippen LogP contribution in [0.5, 0.6) is 0 Å². The highest BCUT2D eigenvalue weighted by Gasteiger charge is 2.44. The van der Waals surface area contributed by atoms with Crippen LogP contribution in [0, 0.1) is 0 Å². The van der Waals surface area contributed by atoms with Crippen LogP contribution in [0.15, 0.2) is 36.0 Å². The van der Waals surface area contributed by atoms with Crippen molar-refractivity contribution < 1.29 is 13.2 Å². The lowest BCUT2D eigenvalue weighted by molar-refractivity contribution is -0.122. The molecule has 0 saturated carbocycles. The average molecular weight is 363 g/mol. The van der Waals surface area contributed by atoms with E-state index in [0.29, 0.717) is 12.0 Å². The molecule has 1 amide bonds. The third-order valence-electron chi connectivity index (χ3n) is 4.65. The van der Waals surface area contributed by atoms with Crippen molar-refractivity contribution in [2.45, 2.75) is 38.6 Å². The van der Waals surface area contributed by atoms with Gasteiger partial charge in [0.05, 0.1) is 0 Å². The van der Waals surface area contributed by atoms with E-state index in [9.17, 15) is 13.2 Å². The van der Waals surface area contributed by atoms with Gasteiger partial charge in [0, 0.05) is 12.6 Å². The number of hydrogen-bond donors (Lipinski definition) is 2. The van der Waals surface area contributed by atoms with Gasteiger partial charge in [-0.15, -0.1) is 0 Å². The predicted molar refractivity (Wildman–Crippen MR) is 97.9 cm³/mol. The zero-order valence-corrected chi connectivity index (χ0v) is 15.3. The molecule has 1 fully saturated rings. The van der Waals surface area contributed by atoms with Crippen LogP contribution in [0.25, 0.3) is 4.91 Å². The fourth-order valence-electron chi connectivity index (χ4n) is 3.27. The Bertz CT molecular complexity index is 753. The van der Waals surface area contributed by atoms with Gasteiger partial charge in [-0.05, 0) is 37.9 Å². The van der Waals surface area contributed by atoms with Crippen molar-refractivity contribution in [2.75, 3.05) is 19.6 Å². The molecule has 1 aromatic carbocycles. The summed E-state index contributed by atoms with van der Waals surface area (Å²) in [5.41, 5.74) is 0.792. The van der Waals surface area contributed by atoms with Gasteiger partial charge < -0.3 is 10.6 Å². The zero-order chi connectivity index (χ0) is 17.9. The number of unbranched alkanes of at least 4 members (excludes halogenated alkanes) is 1. The van der Waals surface area contributed by atoms with Gasteiger partial charge in [0.2, 0.25) is 0 Å². The van der Waals surface area contributed by atoms with E-state index in [1.54, 1.807) is 24.3 Å². The predicted octanol–water partition coefficient (Wildman–Crippen LogP) is 1.67. The molecule has 25 heavy (non-hydrogen) atoms. The number of nitrogens with one attached hydrogen (secondary N) is 2. The Kier molecular flexibility index (Phi) is 5.44. The number of hydrogen-bond acceptors (Lipinski definition) is 5. The summed E-state index contributed by atoms with van der Waals surface area (Å²) in [6.07, 6.45) is 3.23. The van der Waals surface area contributed by atoms with Crippen molar-refractivity contribution in [2.24, 2.45) is 0 Å². The van der Waals surface area contributed by atoms with E-state index in [2.05, 4.69) is 10.6 Å². The van der Waals surface area contributed by atoms with E-state index < -0.39 is 15.9 Å². The molecule has 0 aliphatic carbocycles. The standard InChI is InChI=1S/C18H25N3O3S/c1-2-3-13-21-18(22)16(20-15-9-11-19-12-10-15)17(25(21,23)24)14-7-5-4-6-8-14/h4-8,15,19-20H,2-3,9-13H2,1H3. The number of amides is 1. The SMILES string of the molecule is CCCCN1C(=O)C(NC2CCNCC2)=C(c2ccccc2)S1(=O)=O. The molecule has 0 atom stereocenters. The van der Waals surface area contributed by atoms with Crippen molar-refractivity contribution in [1.29, 1.82) is 0 Å². The normalized spacial score (nSPS) is 21.0. The van der Waals surface area contributed by atoms with E-state index in [4.69, 9.17) is 0 Å². The Morgan fingerprint density at radius 3 is 2.52 bits per heavy atom. The maximum atomic E-state index is 13.1. The van der Waals surface area contributed by atoms with E-state index in [0.717, 1.165) is 36.7 Å². The highest BCUT2D eigenvalue weighted by molar-refractivity contribution is 7.99. The molecule has 2 aliphatic heterocycles. The lowest BCUT2D eigenvalue weighted by Crippen LogP contribution is -2.42. The molecule has 2 N–H and O–H groups in total. The Labute approximate surface area is 149 Å². The average Bonchev–Trinajstić information content (AvgIpc) is 2.80. The number of carbonyl (C=O) groups is 1. The lowest BCUT2D eigenvalue weighted by Gasteiger charge is -2.25. The van der Waals surface area contributed by atoms with Gasteiger partial charge >= 0.3 is 0 Å². The highest BCUT2D eigenvalue weighted by Crippen LogP contribution is 2.35. The summed E-state index contributed by atoms with van der Waals surface area (Å²) < 4.78 is 27.1. The van der Waals surface area contributed by atoms with Gasteiger partial charge in [0.15, 0.2) is 0 Å². The molecular formula is C18H25N3O3S. The Hall–Kier alpha value is -1.86. The third kappa shape index (κ3) is 3.57. The van der Waals surface area contributed by atoms with Crippen LogP contribution in [0.2, 0.25) is 0 Å². The molecule has 0 unspecified atom stereocenters. The van der Waals surface area contributed by atoms with Crippen LogP contribution in [0.1, 0.15) is 38.2 Å². The molecule has 0 aromatic heterocycles. The maximum absolute atomic E-state index is 13.1. The van der Waals surface area contributed by atoms with E-state index in [1.165, 1.54) is 0 Å². The molecule has 7 heteroatoms. The largest absolute Gasteiger partial charge is 0.377 e. The van der Waals surface area contributed by atoms with Gasteiger partial charge in [-0.2, -0.15) is 0 Å². The Morgan fingerprint density at radius 2 is 1.88 bits per heavy atom. The third-order valence-corrected chi connectivity index (χ3v) is 6.54. The maximum Gasteiger partial charge on any atom is 0.285 e. The van der Waals surface area contributed by atoms with Gasteiger partial charge in [0.1, 0.15) is 10.6 Å². The van der Waals surface area contributed by atoms with Crippen LogP contribution in [-0.2, 0) is 14.8 Å². The first-order chi connectivity index (χ1) is 12.1. The van der Waals surface area contributed by atoms with Crippen molar-refractivity contribution in [3.63, 3.8) is 0 Å². The van der Waals surface area contributed by atoms with Crippen LogP contribution in [0.3, 0.4) is 0 Å². The number of piperidine rings is 1. The first-order valence-electron chi connectivity index (χ1n) is 8.89. The summed E-state index contributed by atoms with van der Waals surface area (Å²) in [6.45, 7) is 3.94. The molecule has 2 aliphatic rings. The fraction of sp³-hybridized carbons (Fsp3) is 0.500. The van der Waals surface area contributed by atoms with Crippen molar-refractivity contribution >= 4 is 20.8 Å². The summed E-state index contributed by atoms with van der Waals surface area (Å²) in [7, 11) is -3.82. The number of benzene rings is 1. The molecule has 3 rings (SSSR count). The molecule has 0 bridgehead atoms. The molecule has 6 nitrogen and oxygen atoms in total. The summed E-state index contributed by atoms with van der Waals surface area (Å²) >= 11 is 0. The van der Waals surface area contributed by atoms with Crippen LogP contribution < -0.4 is 10.6 Å². The van der Waals surface area contributed by atoms with Crippen LogP contribution in [0.4, 0.5) is 0 Å². The summed E-state index contributed by atoms with van der Waals surface area (Å²) in [6, 6.07) is 9.02. The number of rotatable bonds is 6. The first-order valence-corrected chi connectivity index (χ1v) is 10.3. The van der Waals surface area contributed by atoms with Crippen molar-refractivity contribution in [1.82, 2.24) is 14.9 Å². The molecule has 0 spiro atoms. The summed E-state index contributed by atoms with van der Waals surface area (Å²) in [5, 5.41) is 6.52. The summed E-state index contributed by atoms with van der Waals surface area (Å²) in [5.74, 6) is -0.425. The second-order valence-electron chi connectivity index (χ2n) is 6.47. The van der Waals surface area contributed by atoms with Gasteiger partial charge in [-0.3, -0.25) is 4.79 Å². The monoisotopic (exact) mass is 363 g/mol. The number of carbonyl (C=O) groups excluding carboxylic acids is 1. The topological polar surface area (TPSA) is 78.5 Å². The van der Waals surface area contributed by atoms with Crippen molar-refractivity contribution in [3.05, 3.63) is 41.6 Å². The molecule has 1 aromatic rings. The molecule has 2 heterocycles. The van der Waals surface area contributed by atoms with Crippen LogP contribution in [-0.4, -0.2) is 44.3 Å². The van der Waals surface area contributed by atoms with Gasteiger partial charge in [-0.1, -0.05) is 43.7 Å². The van der Waals surface area contributed by atoms with E-state index >= 15 is 0 Å². The minimum atomic E-state index is -3.82. The fourth-order valence-corrected chi connectivity index (χ4v) is 5.01. The summed E-state index contributed by atoms with van der Waals surface area (Å²) in [4.78, 5) is 13.0. The van der Waals surface area contributed by atoms with E-state index in [1.807, 2.05) is 13.0 Å². The van der Waals surface area contributed by atoms with E-state index in [-0.39, 0.29) is 23.2 Å². The lowest BCUT2D eigenvalue weighted by atomic mass is 10.1. The zero-order valence-electron chi connectivity index (χ0n) is 14.5. The van der Waals surface area contributed by atoms with Gasteiger partial charge in [-0.25, -0.2) is 12.7 Å². The number of sulfonamides is 1. The second kappa shape index (κ2) is 7.58. The smallest absolute Gasteiger partial charge is 0.285 e. The van der Waals surface area contributed by atoms with Crippen molar-refractivity contribution in [3.8, 4) is 0 Å². The molecule has 1 saturated heterocycles. The Balaban J connectivity index is 2.01. The highest BCUT2D eigenvalue weighted by atomic mass is 32.2.